The first-order chi connectivity index (χ1) is 9.17. The minimum Gasteiger partial charge on any atom is -0.479 e. The van der Waals surface area contributed by atoms with Crippen LogP contribution in [0, 0.1) is 11.3 Å². The van der Waals surface area contributed by atoms with E-state index < -0.39 is 0 Å². The normalized spacial score (nSPS) is 9.53. The zero-order valence-corrected chi connectivity index (χ0v) is 11.0. The largest absolute Gasteiger partial charge is 0.479 e. The lowest BCUT2D eigenvalue weighted by Gasteiger charge is -2.17. The zero-order valence-electron chi connectivity index (χ0n) is 11.0. The lowest BCUT2D eigenvalue weighted by molar-refractivity contribution is 0.165. The number of carbonyl (C=O) groups excluding carboxylic acids is 1. The fourth-order valence-corrected chi connectivity index (χ4v) is 1.30. The highest BCUT2D eigenvalue weighted by Crippen LogP contribution is 2.15. The second-order valence-corrected chi connectivity index (χ2v) is 3.82. The van der Waals surface area contributed by atoms with Crippen LogP contribution in [-0.4, -0.2) is 44.8 Å². The van der Waals surface area contributed by atoms with E-state index in [1.165, 1.54) is 4.90 Å². The van der Waals surface area contributed by atoms with Gasteiger partial charge in [-0.3, -0.25) is 0 Å². The van der Waals surface area contributed by atoms with Gasteiger partial charge in [-0.2, -0.15) is 5.26 Å². The molecule has 0 aliphatic carbocycles. The topological polar surface area (TPSA) is 74.6 Å². The second kappa shape index (κ2) is 7.95. The van der Waals surface area contributed by atoms with Crippen molar-refractivity contribution in [3.05, 3.63) is 24.3 Å². The summed E-state index contributed by atoms with van der Waals surface area (Å²) >= 11 is 0. The molecule has 1 aromatic rings. The van der Waals surface area contributed by atoms with Gasteiger partial charge in [-0.1, -0.05) is 0 Å². The van der Waals surface area contributed by atoms with E-state index in [9.17, 15) is 4.79 Å². The Morgan fingerprint density at radius 1 is 1.42 bits per heavy atom. The van der Waals surface area contributed by atoms with Crippen molar-refractivity contribution in [1.29, 1.82) is 5.26 Å². The number of methoxy groups -OCH3 is 1. The molecule has 1 aromatic carbocycles. The maximum absolute atomic E-state index is 11.8. The van der Waals surface area contributed by atoms with E-state index in [4.69, 9.17) is 14.7 Å². The van der Waals surface area contributed by atoms with Crippen molar-refractivity contribution in [2.45, 2.75) is 0 Å². The van der Waals surface area contributed by atoms with E-state index in [0.717, 1.165) is 0 Å². The number of anilines is 1. The summed E-state index contributed by atoms with van der Waals surface area (Å²) in [5.74, 6) is 0.590. The third kappa shape index (κ3) is 5.27. The SMILES string of the molecule is COCCN(C)C(=O)Nc1ccc(OCC#N)cc1. The molecule has 0 spiro atoms. The smallest absolute Gasteiger partial charge is 0.321 e. The molecule has 0 saturated carbocycles. The number of ether oxygens (including phenoxy) is 2. The van der Waals surface area contributed by atoms with Crippen LogP contribution in [0.2, 0.25) is 0 Å². The van der Waals surface area contributed by atoms with Crippen LogP contribution in [0.25, 0.3) is 0 Å². The first kappa shape index (κ1) is 14.8. The van der Waals surface area contributed by atoms with Gasteiger partial charge < -0.3 is 19.7 Å². The molecule has 102 valence electrons. The Labute approximate surface area is 112 Å². The van der Waals surface area contributed by atoms with Crippen LogP contribution < -0.4 is 10.1 Å². The summed E-state index contributed by atoms with van der Waals surface area (Å²) in [5, 5.41) is 11.1. The highest BCUT2D eigenvalue weighted by Gasteiger charge is 2.08. The van der Waals surface area contributed by atoms with Crippen LogP contribution >= 0.6 is 0 Å². The molecule has 0 bridgehead atoms. The quantitative estimate of drug-likeness (QED) is 0.847. The number of nitrogens with zero attached hydrogens (tertiary/aromatic N) is 2. The Kier molecular flexibility index (Phi) is 6.19. The molecule has 0 aliphatic rings. The van der Waals surface area contributed by atoms with Gasteiger partial charge in [-0.15, -0.1) is 0 Å². The van der Waals surface area contributed by atoms with E-state index in [1.807, 2.05) is 6.07 Å². The molecule has 0 heterocycles. The first-order valence-electron chi connectivity index (χ1n) is 5.78. The van der Waals surface area contributed by atoms with Crippen molar-refractivity contribution >= 4 is 11.7 Å². The van der Waals surface area contributed by atoms with Crippen molar-refractivity contribution in [2.24, 2.45) is 0 Å². The van der Waals surface area contributed by atoms with Gasteiger partial charge in [-0.25, -0.2) is 4.79 Å². The molecule has 6 heteroatoms. The lowest BCUT2D eigenvalue weighted by Crippen LogP contribution is -2.33. The summed E-state index contributed by atoms with van der Waals surface area (Å²) in [7, 11) is 3.28. The van der Waals surface area contributed by atoms with Gasteiger partial charge in [-0.05, 0) is 24.3 Å². The summed E-state index contributed by atoms with van der Waals surface area (Å²) in [5.41, 5.74) is 0.665. The summed E-state index contributed by atoms with van der Waals surface area (Å²) in [6.07, 6.45) is 0. The molecule has 0 fully saturated rings. The summed E-state index contributed by atoms with van der Waals surface area (Å²) in [6, 6.07) is 8.51. The molecule has 1 N–H and O–H groups in total. The van der Waals surface area contributed by atoms with Crippen molar-refractivity contribution < 1.29 is 14.3 Å². The van der Waals surface area contributed by atoms with Gasteiger partial charge in [0.15, 0.2) is 6.61 Å². The Balaban J connectivity index is 2.48. The molecule has 0 unspecified atom stereocenters. The van der Waals surface area contributed by atoms with Gasteiger partial charge in [0.05, 0.1) is 6.61 Å². The molecule has 0 saturated heterocycles. The summed E-state index contributed by atoms with van der Waals surface area (Å²) < 4.78 is 10.0. The molecule has 2 amide bonds. The minimum absolute atomic E-state index is 0.00542. The average molecular weight is 263 g/mol. The maximum Gasteiger partial charge on any atom is 0.321 e. The molecule has 0 radical (unpaired) electrons. The number of likely N-dealkylation sites (N-methyl/N-ethyl adjacent to an activating group) is 1. The number of hydrogen-bond acceptors (Lipinski definition) is 4. The number of benzene rings is 1. The van der Waals surface area contributed by atoms with Crippen molar-refractivity contribution in [2.75, 3.05) is 39.2 Å². The molecular formula is C13H17N3O3. The number of hydrogen-bond donors (Lipinski definition) is 1. The number of carbonyl (C=O) groups is 1. The second-order valence-electron chi connectivity index (χ2n) is 3.82. The van der Waals surface area contributed by atoms with E-state index >= 15 is 0 Å². The van der Waals surface area contributed by atoms with Gasteiger partial charge in [0.1, 0.15) is 11.8 Å². The Morgan fingerprint density at radius 3 is 2.68 bits per heavy atom. The molecule has 0 atom stereocenters. The van der Waals surface area contributed by atoms with E-state index in [1.54, 1.807) is 38.4 Å². The number of nitrogens with one attached hydrogen (secondary N) is 1. The van der Waals surface area contributed by atoms with Gasteiger partial charge in [0.2, 0.25) is 0 Å². The predicted octanol–water partition coefficient (Wildman–Crippen LogP) is 1.70. The fraction of sp³-hybridized carbons (Fsp3) is 0.385. The summed E-state index contributed by atoms with van der Waals surface area (Å²) in [6.45, 7) is 1.02. The van der Waals surface area contributed by atoms with E-state index in [2.05, 4.69) is 5.32 Å². The Bertz CT molecular complexity index is 439. The standard InChI is InChI=1S/C13H17N3O3/c1-16(8-10-18-2)13(17)15-11-3-5-12(6-4-11)19-9-7-14/h3-6H,8-10H2,1-2H3,(H,15,17). The third-order valence-electron chi connectivity index (χ3n) is 2.39. The average Bonchev–Trinajstić information content (AvgIpc) is 2.43. The fourth-order valence-electron chi connectivity index (χ4n) is 1.30. The number of nitriles is 1. The highest BCUT2D eigenvalue weighted by molar-refractivity contribution is 5.89. The van der Waals surface area contributed by atoms with Gasteiger partial charge in [0.25, 0.3) is 0 Å². The number of urea groups is 1. The summed E-state index contributed by atoms with van der Waals surface area (Å²) in [4.78, 5) is 13.3. The van der Waals surface area contributed by atoms with Crippen LogP contribution in [0.15, 0.2) is 24.3 Å². The van der Waals surface area contributed by atoms with Crippen molar-refractivity contribution in [3.8, 4) is 11.8 Å². The van der Waals surface area contributed by atoms with Crippen LogP contribution in [0.3, 0.4) is 0 Å². The Morgan fingerprint density at radius 2 is 2.11 bits per heavy atom. The maximum atomic E-state index is 11.8. The van der Waals surface area contributed by atoms with E-state index in [-0.39, 0.29) is 12.6 Å². The first-order valence-corrected chi connectivity index (χ1v) is 5.78. The van der Waals surface area contributed by atoms with Crippen molar-refractivity contribution in [1.82, 2.24) is 4.90 Å². The Hall–Kier alpha value is -2.26. The highest BCUT2D eigenvalue weighted by atomic mass is 16.5. The van der Waals surface area contributed by atoms with Gasteiger partial charge >= 0.3 is 6.03 Å². The molecule has 19 heavy (non-hydrogen) atoms. The molecule has 1 rings (SSSR count). The van der Waals surface area contributed by atoms with Crippen LogP contribution in [0.1, 0.15) is 0 Å². The van der Waals surface area contributed by atoms with Crippen LogP contribution in [0.4, 0.5) is 10.5 Å². The third-order valence-corrected chi connectivity index (χ3v) is 2.39. The molecule has 0 aromatic heterocycles. The monoisotopic (exact) mass is 263 g/mol. The molecule has 6 nitrogen and oxygen atoms in total. The lowest BCUT2D eigenvalue weighted by atomic mass is 10.3. The van der Waals surface area contributed by atoms with Crippen LogP contribution in [0.5, 0.6) is 5.75 Å². The predicted molar refractivity (Wildman–Crippen MR) is 71.1 cm³/mol. The zero-order chi connectivity index (χ0) is 14.1. The number of amides is 2. The van der Waals surface area contributed by atoms with E-state index in [0.29, 0.717) is 24.6 Å². The number of rotatable bonds is 6. The molecular weight excluding hydrogens is 246 g/mol. The van der Waals surface area contributed by atoms with Crippen LogP contribution in [-0.2, 0) is 4.74 Å². The van der Waals surface area contributed by atoms with Crippen molar-refractivity contribution in [3.63, 3.8) is 0 Å². The minimum atomic E-state index is -0.206. The van der Waals surface area contributed by atoms with Gasteiger partial charge in [0, 0.05) is 26.4 Å². The molecule has 0 aliphatic heterocycles.